The predicted octanol–water partition coefficient (Wildman–Crippen LogP) is 11.5. The van der Waals surface area contributed by atoms with Crippen LogP contribution >= 0.6 is 0 Å². The lowest BCUT2D eigenvalue weighted by Crippen LogP contribution is -2.51. The second-order valence-corrected chi connectivity index (χ2v) is 20.3. The van der Waals surface area contributed by atoms with Crippen LogP contribution in [0.4, 0.5) is 4.39 Å². The summed E-state index contributed by atoms with van der Waals surface area (Å²) in [7, 11) is 0. The minimum Gasteiger partial charge on any atom is -0.462 e. The summed E-state index contributed by atoms with van der Waals surface area (Å²) in [4.78, 5) is 54.2. The van der Waals surface area contributed by atoms with Crippen LogP contribution < -0.4 is 5.32 Å². The molecule has 4 aliphatic carbocycles. The molecular formula is C51H69FN2O5. The first kappa shape index (κ1) is 43.3. The van der Waals surface area contributed by atoms with E-state index >= 15 is 0 Å². The summed E-state index contributed by atoms with van der Waals surface area (Å²) in [5.74, 6) is 1.10. The monoisotopic (exact) mass is 809 g/mol. The molecule has 7 rings (SSSR count). The summed E-state index contributed by atoms with van der Waals surface area (Å²) in [6.45, 7) is 14.6. The number of nitrogens with zero attached hydrogens (tertiary/aromatic N) is 1. The zero-order chi connectivity index (χ0) is 42.2. The number of hydrogen-bond donors (Lipinski definition) is 1. The molecule has 3 fully saturated rings. The van der Waals surface area contributed by atoms with Crippen LogP contribution in [0.5, 0.6) is 0 Å². The molecular weight excluding hydrogens is 740 g/mol. The van der Waals surface area contributed by atoms with Crippen molar-refractivity contribution in [3.05, 3.63) is 60.2 Å². The molecule has 0 radical (unpaired) electrons. The van der Waals surface area contributed by atoms with Crippen molar-refractivity contribution in [1.29, 1.82) is 0 Å². The Morgan fingerprint density at radius 1 is 0.847 bits per heavy atom. The molecule has 3 saturated carbocycles. The Morgan fingerprint density at radius 3 is 2.17 bits per heavy atom. The third-order valence-corrected chi connectivity index (χ3v) is 16.1. The summed E-state index contributed by atoms with van der Waals surface area (Å²) < 4.78 is 21.6. The van der Waals surface area contributed by atoms with Crippen molar-refractivity contribution in [3.63, 3.8) is 0 Å². The standard InChI is InChI=1S/C51H69FN2O5/c1-31(2)13-12-14-33(5)40-21-22-41-38-20-19-34-27-35(23-25-50(34,6)42(38)24-26-51(40,41)7)59-48(57)29-43(46(55)30-52)53-49(58)39(32(3)4)28-47(56)54-44-17-10-8-15-36(44)37-16-9-11-18-45(37)54/h8-11,15-19,31-33,35,38-43H,12-14,20-30H2,1-7H3,(H,53,58)/t33-,35+,38+,39+,40-,41+,42+,43?,50+,51-/m1/s1. The number of hydrogen-bond acceptors (Lipinski definition) is 5. The van der Waals surface area contributed by atoms with Crippen LogP contribution in [0, 0.1) is 58.2 Å². The van der Waals surface area contributed by atoms with Gasteiger partial charge in [0, 0.05) is 29.5 Å². The second kappa shape index (κ2) is 17.7. The van der Waals surface area contributed by atoms with Gasteiger partial charge in [0.1, 0.15) is 18.8 Å². The van der Waals surface area contributed by atoms with Gasteiger partial charge < -0.3 is 10.1 Å². The number of carbonyl (C=O) groups is 4. The number of esters is 1. The first-order valence-electron chi connectivity index (χ1n) is 23.0. The third-order valence-electron chi connectivity index (χ3n) is 16.1. The number of amides is 1. The molecule has 320 valence electrons. The van der Waals surface area contributed by atoms with Crippen molar-refractivity contribution in [2.24, 2.45) is 58.2 Å². The van der Waals surface area contributed by atoms with Crippen LogP contribution in [-0.2, 0) is 19.1 Å². The Kier molecular flexibility index (Phi) is 13.0. The maximum atomic E-state index is 14.0. The molecule has 59 heavy (non-hydrogen) atoms. The SMILES string of the molecule is CC(C)CCC[C@@H](C)[C@H]1CC[C@H]2[C@@H]3CC=C4C[C@@H](OC(=O)CC(NC(=O)[C@@H](CC(=O)n5c6ccccc6c6ccccc65)C(C)C)C(=O)CF)CC[C@]4(C)[C@H]3CC[C@]12C. The Labute approximate surface area is 351 Å². The molecule has 0 aliphatic heterocycles. The van der Waals surface area contributed by atoms with Crippen LogP contribution in [0.15, 0.2) is 60.2 Å². The fourth-order valence-electron chi connectivity index (χ4n) is 12.9. The topological polar surface area (TPSA) is 94.5 Å². The summed E-state index contributed by atoms with van der Waals surface area (Å²) in [6.07, 6.45) is 14.4. The van der Waals surface area contributed by atoms with E-state index in [1.165, 1.54) is 50.5 Å². The number of aromatic nitrogens is 1. The van der Waals surface area contributed by atoms with Crippen molar-refractivity contribution >= 4 is 45.4 Å². The van der Waals surface area contributed by atoms with Gasteiger partial charge in [0.05, 0.1) is 17.5 Å². The van der Waals surface area contributed by atoms with Crippen molar-refractivity contribution in [2.45, 2.75) is 144 Å². The molecule has 1 heterocycles. The summed E-state index contributed by atoms with van der Waals surface area (Å²) in [6, 6.07) is 14.0. The number of halogens is 1. The van der Waals surface area contributed by atoms with Gasteiger partial charge in [-0.25, -0.2) is 4.39 Å². The first-order chi connectivity index (χ1) is 28.2. The molecule has 1 N–H and O–H groups in total. The summed E-state index contributed by atoms with van der Waals surface area (Å²) in [5, 5.41) is 4.55. The van der Waals surface area contributed by atoms with E-state index < -0.39 is 42.7 Å². The van der Waals surface area contributed by atoms with Gasteiger partial charge in [-0.2, -0.15) is 0 Å². The average molecular weight is 809 g/mol. The number of rotatable bonds is 15. The van der Waals surface area contributed by atoms with Crippen LogP contribution in [0.25, 0.3) is 21.8 Å². The van der Waals surface area contributed by atoms with E-state index in [1.54, 1.807) is 4.57 Å². The lowest BCUT2D eigenvalue weighted by atomic mass is 9.47. The van der Waals surface area contributed by atoms with E-state index in [2.05, 4.69) is 46.0 Å². The molecule has 10 atom stereocenters. The lowest BCUT2D eigenvalue weighted by Gasteiger charge is -2.58. The number of fused-ring (bicyclic) bond motifs is 8. The van der Waals surface area contributed by atoms with E-state index in [0.717, 1.165) is 64.7 Å². The van der Waals surface area contributed by atoms with Gasteiger partial charge in [-0.3, -0.25) is 23.7 Å². The Bertz CT molecular complexity index is 2010. The number of alkyl halides is 1. The van der Waals surface area contributed by atoms with Crippen LogP contribution in [0.3, 0.4) is 0 Å². The van der Waals surface area contributed by atoms with E-state index in [1.807, 2.05) is 62.4 Å². The number of ether oxygens (including phenoxy) is 1. The third kappa shape index (κ3) is 8.45. The largest absolute Gasteiger partial charge is 0.462 e. The van der Waals surface area contributed by atoms with Gasteiger partial charge in [-0.1, -0.05) is 116 Å². The van der Waals surface area contributed by atoms with Crippen molar-refractivity contribution in [1.82, 2.24) is 9.88 Å². The molecule has 4 aliphatic rings. The van der Waals surface area contributed by atoms with E-state index in [4.69, 9.17) is 4.74 Å². The fourth-order valence-corrected chi connectivity index (χ4v) is 12.9. The number of allylic oxidation sites excluding steroid dienone is 1. The van der Waals surface area contributed by atoms with Crippen LogP contribution in [-0.4, -0.2) is 47.0 Å². The highest BCUT2D eigenvalue weighted by Gasteiger charge is 2.59. The molecule has 0 spiro atoms. The Balaban J connectivity index is 0.972. The number of para-hydroxylation sites is 2. The highest BCUT2D eigenvalue weighted by molar-refractivity contribution is 6.13. The van der Waals surface area contributed by atoms with Gasteiger partial charge in [0.25, 0.3) is 0 Å². The highest BCUT2D eigenvalue weighted by Crippen LogP contribution is 2.67. The van der Waals surface area contributed by atoms with Gasteiger partial charge >= 0.3 is 5.97 Å². The molecule has 8 heteroatoms. The quantitative estimate of drug-likeness (QED) is 0.122. The minimum absolute atomic E-state index is 0.0946. The van der Waals surface area contributed by atoms with Gasteiger partial charge in [-0.05, 0) is 109 Å². The van der Waals surface area contributed by atoms with Crippen molar-refractivity contribution in [3.8, 4) is 0 Å². The molecule has 7 nitrogen and oxygen atoms in total. The lowest BCUT2D eigenvalue weighted by molar-refractivity contribution is -0.153. The molecule has 3 aromatic rings. The molecule has 1 aromatic heterocycles. The smallest absolute Gasteiger partial charge is 0.308 e. The fraction of sp³-hybridized carbons (Fsp3) is 0.647. The van der Waals surface area contributed by atoms with Gasteiger partial charge in [0.2, 0.25) is 11.8 Å². The maximum Gasteiger partial charge on any atom is 0.308 e. The first-order valence-corrected chi connectivity index (χ1v) is 23.0. The highest BCUT2D eigenvalue weighted by atomic mass is 19.1. The van der Waals surface area contributed by atoms with E-state index in [-0.39, 0.29) is 29.8 Å². The molecule has 1 unspecified atom stereocenters. The normalized spacial score (nSPS) is 29.3. The number of Topliss-reactive ketones (excluding diaryl/α,β-unsaturated/α-hetero) is 1. The number of benzene rings is 2. The molecule has 0 saturated heterocycles. The summed E-state index contributed by atoms with van der Waals surface area (Å²) in [5.41, 5.74) is 3.43. The second-order valence-electron chi connectivity index (χ2n) is 20.3. The predicted molar refractivity (Wildman–Crippen MR) is 233 cm³/mol. The Hall–Kier alpha value is -3.81. The zero-order valence-electron chi connectivity index (χ0n) is 36.7. The molecule has 0 bridgehead atoms. The maximum absolute atomic E-state index is 14.0. The van der Waals surface area contributed by atoms with E-state index in [0.29, 0.717) is 23.7 Å². The van der Waals surface area contributed by atoms with E-state index in [9.17, 15) is 23.6 Å². The zero-order valence-corrected chi connectivity index (χ0v) is 36.7. The summed E-state index contributed by atoms with van der Waals surface area (Å²) >= 11 is 0. The molecule has 2 aromatic carbocycles. The van der Waals surface area contributed by atoms with Crippen LogP contribution in [0.2, 0.25) is 0 Å². The average Bonchev–Trinajstić information content (AvgIpc) is 3.74. The molecule has 1 amide bonds. The number of nitrogens with one attached hydrogen (secondary N) is 1. The number of carbonyl (C=O) groups excluding carboxylic acids is 4. The van der Waals surface area contributed by atoms with Gasteiger partial charge in [0.15, 0.2) is 5.78 Å². The van der Waals surface area contributed by atoms with Crippen LogP contribution in [0.1, 0.15) is 137 Å². The number of ketones is 1. The Morgan fingerprint density at radius 2 is 1.53 bits per heavy atom. The van der Waals surface area contributed by atoms with Crippen molar-refractivity contribution in [2.75, 3.05) is 6.67 Å². The van der Waals surface area contributed by atoms with Gasteiger partial charge in [-0.15, -0.1) is 0 Å². The minimum atomic E-state index is -1.38. The van der Waals surface area contributed by atoms with Crippen molar-refractivity contribution < 1.29 is 28.3 Å².